The molecule has 2 aromatic heterocycles. The van der Waals surface area contributed by atoms with Crippen molar-refractivity contribution in [1.82, 2.24) is 25.1 Å². The fraction of sp³-hybridized carbons (Fsp3) is 0.364. The molecule has 1 amide bonds. The number of aromatic amines is 1. The van der Waals surface area contributed by atoms with E-state index in [4.69, 9.17) is 0 Å². The number of nitrogens with one attached hydrogen (secondary N) is 1. The van der Waals surface area contributed by atoms with E-state index in [0.717, 1.165) is 41.9 Å². The molecule has 1 fully saturated rings. The third-order valence-corrected chi connectivity index (χ3v) is 5.37. The van der Waals surface area contributed by atoms with Crippen LogP contribution in [-0.4, -0.2) is 51.6 Å². The molecule has 150 valence electrons. The van der Waals surface area contributed by atoms with Crippen LogP contribution in [0.4, 0.5) is 5.95 Å². The lowest BCUT2D eigenvalue weighted by atomic mass is 10.0. The van der Waals surface area contributed by atoms with Crippen molar-refractivity contribution in [1.29, 1.82) is 0 Å². The van der Waals surface area contributed by atoms with Crippen LogP contribution >= 0.6 is 0 Å². The number of aryl methyl sites for hydroxylation is 1. The molecule has 0 unspecified atom stereocenters. The Morgan fingerprint density at radius 3 is 2.79 bits per heavy atom. The first kappa shape index (κ1) is 19.1. The topological polar surface area (TPSA) is 78.0 Å². The van der Waals surface area contributed by atoms with Crippen molar-refractivity contribution in [2.45, 2.75) is 32.2 Å². The van der Waals surface area contributed by atoms with E-state index in [1.165, 1.54) is 5.56 Å². The number of amides is 1. The van der Waals surface area contributed by atoms with Crippen LogP contribution in [-0.2, 0) is 11.2 Å². The lowest BCUT2D eigenvalue weighted by molar-refractivity contribution is -0.131. The zero-order valence-corrected chi connectivity index (χ0v) is 17.1. The Kier molecular flexibility index (Phi) is 5.29. The van der Waals surface area contributed by atoms with Crippen LogP contribution in [0.15, 0.2) is 42.7 Å². The van der Waals surface area contributed by atoms with Gasteiger partial charge in [0.1, 0.15) is 0 Å². The molecule has 1 aliphatic rings. The van der Waals surface area contributed by atoms with E-state index in [9.17, 15) is 4.79 Å². The molecule has 1 N–H and O–H groups in total. The molecule has 0 spiro atoms. The Morgan fingerprint density at radius 1 is 1.24 bits per heavy atom. The van der Waals surface area contributed by atoms with Gasteiger partial charge in [0, 0.05) is 32.4 Å². The highest BCUT2D eigenvalue weighted by atomic mass is 16.2. The molecule has 1 saturated heterocycles. The second-order valence-electron chi connectivity index (χ2n) is 7.74. The maximum atomic E-state index is 13.1. The summed E-state index contributed by atoms with van der Waals surface area (Å²) in [6.07, 6.45) is 5.86. The zero-order valence-electron chi connectivity index (χ0n) is 17.1. The predicted molar refractivity (Wildman–Crippen MR) is 113 cm³/mol. The average Bonchev–Trinajstić information content (AvgIpc) is 3.39. The SMILES string of the molecule is Cc1ccc(CC(=O)N2CCC[C@H]2c2[nH]ncc2-c2ccnc(N(C)C)n2)cc1. The van der Waals surface area contributed by atoms with Gasteiger partial charge in [-0.25, -0.2) is 9.97 Å². The van der Waals surface area contributed by atoms with Gasteiger partial charge in [-0.2, -0.15) is 5.10 Å². The van der Waals surface area contributed by atoms with Gasteiger partial charge in [-0.3, -0.25) is 9.89 Å². The molecule has 3 aromatic rings. The quantitative estimate of drug-likeness (QED) is 0.724. The number of likely N-dealkylation sites (tertiary alicyclic amines) is 1. The van der Waals surface area contributed by atoms with E-state index in [0.29, 0.717) is 12.4 Å². The lowest BCUT2D eigenvalue weighted by Gasteiger charge is -2.25. The minimum absolute atomic E-state index is 0.0109. The van der Waals surface area contributed by atoms with E-state index in [2.05, 4.69) is 39.2 Å². The normalized spacial score (nSPS) is 16.2. The Morgan fingerprint density at radius 2 is 2.03 bits per heavy atom. The molecule has 29 heavy (non-hydrogen) atoms. The first-order valence-corrected chi connectivity index (χ1v) is 9.92. The van der Waals surface area contributed by atoms with Crippen molar-refractivity contribution in [2.75, 3.05) is 25.5 Å². The largest absolute Gasteiger partial charge is 0.347 e. The van der Waals surface area contributed by atoms with Gasteiger partial charge in [-0.15, -0.1) is 0 Å². The Hall–Kier alpha value is -3.22. The van der Waals surface area contributed by atoms with Crippen molar-refractivity contribution in [3.63, 3.8) is 0 Å². The van der Waals surface area contributed by atoms with E-state index in [1.54, 1.807) is 12.4 Å². The van der Waals surface area contributed by atoms with Gasteiger partial charge in [0.05, 0.1) is 30.0 Å². The van der Waals surface area contributed by atoms with Gasteiger partial charge in [-0.05, 0) is 31.4 Å². The summed E-state index contributed by atoms with van der Waals surface area (Å²) in [5, 5.41) is 7.40. The number of anilines is 1. The summed E-state index contributed by atoms with van der Waals surface area (Å²) < 4.78 is 0. The van der Waals surface area contributed by atoms with Crippen LogP contribution in [0.2, 0.25) is 0 Å². The van der Waals surface area contributed by atoms with E-state index in [1.807, 2.05) is 42.1 Å². The smallest absolute Gasteiger partial charge is 0.227 e. The summed E-state index contributed by atoms with van der Waals surface area (Å²) in [6.45, 7) is 2.82. The summed E-state index contributed by atoms with van der Waals surface area (Å²) in [5.74, 6) is 0.793. The maximum Gasteiger partial charge on any atom is 0.227 e. The molecule has 0 aliphatic carbocycles. The molecular formula is C22H26N6O. The second-order valence-corrected chi connectivity index (χ2v) is 7.74. The summed E-state index contributed by atoms with van der Waals surface area (Å²) in [5.41, 5.74) is 4.93. The molecule has 1 aromatic carbocycles. The van der Waals surface area contributed by atoms with E-state index >= 15 is 0 Å². The molecule has 0 bridgehead atoms. The Labute approximate surface area is 170 Å². The monoisotopic (exact) mass is 390 g/mol. The van der Waals surface area contributed by atoms with Crippen LogP contribution in [0.5, 0.6) is 0 Å². The molecule has 4 rings (SSSR count). The molecule has 0 saturated carbocycles. The highest BCUT2D eigenvalue weighted by Crippen LogP contribution is 2.36. The van der Waals surface area contributed by atoms with Gasteiger partial charge >= 0.3 is 0 Å². The molecule has 1 atom stereocenters. The third kappa shape index (κ3) is 3.99. The number of hydrogen-bond donors (Lipinski definition) is 1. The molecule has 7 nitrogen and oxygen atoms in total. The van der Waals surface area contributed by atoms with Crippen LogP contribution in [0, 0.1) is 6.92 Å². The van der Waals surface area contributed by atoms with Crippen LogP contribution in [0.1, 0.15) is 35.7 Å². The number of nitrogens with zero attached hydrogens (tertiary/aromatic N) is 5. The molecule has 7 heteroatoms. The van der Waals surface area contributed by atoms with Crippen molar-refractivity contribution in [3.05, 3.63) is 59.5 Å². The molecular weight excluding hydrogens is 364 g/mol. The fourth-order valence-corrected chi connectivity index (χ4v) is 3.82. The number of H-pyrrole nitrogens is 1. The first-order valence-electron chi connectivity index (χ1n) is 9.92. The molecule has 0 radical (unpaired) electrons. The van der Waals surface area contributed by atoms with Crippen LogP contribution in [0.3, 0.4) is 0 Å². The zero-order chi connectivity index (χ0) is 20.4. The fourth-order valence-electron chi connectivity index (χ4n) is 3.82. The number of aromatic nitrogens is 4. The number of hydrogen-bond acceptors (Lipinski definition) is 5. The van der Waals surface area contributed by atoms with E-state index < -0.39 is 0 Å². The predicted octanol–water partition coefficient (Wildman–Crippen LogP) is 3.15. The maximum absolute atomic E-state index is 13.1. The molecule has 1 aliphatic heterocycles. The summed E-state index contributed by atoms with van der Waals surface area (Å²) in [7, 11) is 3.83. The average molecular weight is 390 g/mol. The Bertz CT molecular complexity index is 995. The highest BCUT2D eigenvalue weighted by molar-refractivity contribution is 5.80. The third-order valence-electron chi connectivity index (χ3n) is 5.37. The summed E-state index contributed by atoms with van der Waals surface area (Å²) in [6, 6.07) is 10.0. The first-order chi connectivity index (χ1) is 14.0. The van der Waals surface area contributed by atoms with Crippen molar-refractivity contribution in [2.24, 2.45) is 0 Å². The molecule has 3 heterocycles. The summed E-state index contributed by atoms with van der Waals surface area (Å²) in [4.78, 5) is 25.8. The minimum Gasteiger partial charge on any atom is -0.347 e. The number of carbonyl (C=O) groups is 1. The van der Waals surface area contributed by atoms with Gasteiger partial charge in [0.25, 0.3) is 0 Å². The Balaban J connectivity index is 1.58. The minimum atomic E-state index is -0.0109. The van der Waals surface area contributed by atoms with Gasteiger partial charge in [-0.1, -0.05) is 29.8 Å². The van der Waals surface area contributed by atoms with Gasteiger partial charge < -0.3 is 9.80 Å². The number of benzene rings is 1. The van der Waals surface area contributed by atoms with Crippen LogP contribution < -0.4 is 4.90 Å². The van der Waals surface area contributed by atoms with E-state index in [-0.39, 0.29) is 11.9 Å². The lowest BCUT2D eigenvalue weighted by Crippen LogP contribution is -2.32. The van der Waals surface area contributed by atoms with Gasteiger partial charge in [0.2, 0.25) is 11.9 Å². The summed E-state index contributed by atoms with van der Waals surface area (Å²) >= 11 is 0. The van der Waals surface area contributed by atoms with Crippen molar-refractivity contribution in [3.8, 4) is 11.3 Å². The second kappa shape index (κ2) is 8.03. The standard InChI is InChI=1S/C22H26N6O/c1-15-6-8-16(9-7-15)13-20(29)28-12-4-5-19(28)21-17(14-24-26-21)18-10-11-23-22(25-18)27(2)3/h6-11,14,19H,4-5,12-13H2,1-3H3,(H,24,26)/t19-/m0/s1. The van der Waals surface area contributed by atoms with Crippen LogP contribution in [0.25, 0.3) is 11.3 Å². The van der Waals surface area contributed by atoms with Gasteiger partial charge in [0.15, 0.2) is 0 Å². The number of carbonyl (C=O) groups excluding carboxylic acids is 1. The van der Waals surface area contributed by atoms with Crippen molar-refractivity contribution < 1.29 is 4.79 Å². The highest BCUT2D eigenvalue weighted by Gasteiger charge is 2.33. The van der Waals surface area contributed by atoms with Crippen molar-refractivity contribution >= 4 is 11.9 Å². The number of rotatable bonds is 5.